The quantitative estimate of drug-likeness (QED) is 0.0980. The number of hydrogen-bond donors (Lipinski definition) is 0. The van der Waals surface area contributed by atoms with Gasteiger partial charge in [-0.05, 0) is 50.5 Å². The number of benzene rings is 2. The molecule has 0 bridgehead atoms. The van der Waals surface area contributed by atoms with E-state index < -0.39 is 30.2 Å². The minimum absolute atomic E-state index is 0.0879. The summed E-state index contributed by atoms with van der Waals surface area (Å²) in [5, 5.41) is 1.07. The fourth-order valence-electron chi connectivity index (χ4n) is 3.75. The summed E-state index contributed by atoms with van der Waals surface area (Å²) in [6.07, 6.45) is 2.30. The third-order valence-electron chi connectivity index (χ3n) is 5.76. The molecule has 2 aromatic carbocycles. The van der Waals surface area contributed by atoms with Gasteiger partial charge >= 0.3 is 13.8 Å². The van der Waals surface area contributed by atoms with Gasteiger partial charge in [0, 0.05) is 17.5 Å². The van der Waals surface area contributed by atoms with Crippen LogP contribution in [0.2, 0.25) is 0 Å². The highest BCUT2D eigenvalue weighted by Gasteiger charge is 2.24. The lowest BCUT2D eigenvalue weighted by Gasteiger charge is -2.16. The molecule has 0 aliphatic rings. The van der Waals surface area contributed by atoms with Gasteiger partial charge in [-0.15, -0.1) is 0 Å². The van der Waals surface area contributed by atoms with Gasteiger partial charge < -0.3 is 28.4 Å². The molecule has 13 nitrogen and oxygen atoms in total. The van der Waals surface area contributed by atoms with Crippen molar-refractivity contribution in [1.82, 2.24) is 0 Å². The first-order valence-electron chi connectivity index (χ1n) is 13.7. The van der Waals surface area contributed by atoms with E-state index in [4.69, 9.17) is 42.0 Å². The second kappa shape index (κ2) is 18.5. The SMILES string of the molecule is CCOP(=O)(OCC)OCCCCOC(=O)COc1cc(CS(=O)(=O)/C=C/c2c(OC)cc(OC)cc2OC)ccc1OC. The molecule has 0 saturated carbocycles. The van der Waals surface area contributed by atoms with Gasteiger partial charge in [-0.2, -0.15) is 0 Å². The Kier molecular flexibility index (Phi) is 15.5. The molecule has 0 fully saturated rings. The summed E-state index contributed by atoms with van der Waals surface area (Å²) in [7, 11) is -1.50. The van der Waals surface area contributed by atoms with Crippen LogP contribution in [0, 0.1) is 0 Å². The second-order valence-electron chi connectivity index (χ2n) is 8.87. The molecule has 0 aromatic heterocycles. The molecule has 15 heteroatoms. The van der Waals surface area contributed by atoms with Crippen LogP contribution in [0.1, 0.15) is 37.8 Å². The Hall–Kier alpha value is -3.29. The molecular weight excluding hydrogens is 619 g/mol. The van der Waals surface area contributed by atoms with E-state index in [1.54, 1.807) is 38.1 Å². The Morgan fingerprint density at radius 2 is 1.41 bits per heavy atom. The maximum absolute atomic E-state index is 13.0. The van der Waals surface area contributed by atoms with Crippen molar-refractivity contribution in [2.24, 2.45) is 0 Å². The average Bonchev–Trinajstić information content (AvgIpc) is 3.00. The van der Waals surface area contributed by atoms with Crippen LogP contribution < -0.4 is 23.7 Å². The monoisotopic (exact) mass is 660 g/mol. The van der Waals surface area contributed by atoms with E-state index in [-0.39, 0.29) is 37.9 Å². The molecule has 0 N–H and O–H groups in total. The van der Waals surface area contributed by atoms with Gasteiger partial charge in [0.05, 0.1) is 66.2 Å². The van der Waals surface area contributed by atoms with Crippen LogP contribution in [0.15, 0.2) is 35.7 Å². The van der Waals surface area contributed by atoms with Gasteiger partial charge in [-0.25, -0.2) is 17.8 Å². The van der Waals surface area contributed by atoms with E-state index >= 15 is 0 Å². The summed E-state index contributed by atoms with van der Waals surface area (Å²) in [6.45, 7) is 3.51. The predicted molar refractivity (Wildman–Crippen MR) is 163 cm³/mol. The molecule has 0 heterocycles. The topological polar surface area (TPSA) is 151 Å². The van der Waals surface area contributed by atoms with Crippen LogP contribution in [0.5, 0.6) is 28.7 Å². The summed E-state index contributed by atoms with van der Waals surface area (Å²) in [6, 6.07) is 7.86. The molecule has 0 radical (unpaired) electrons. The van der Waals surface area contributed by atoms with E-state index in [1.807, 2.05) is 0 Å². The normalized spacial score (nSPS) is 11.8. The molecule has 246 valence electrons. The van der Waals surface area contributed by atoms with Crippen molar-refractivity contribution in [1.29, 1.82) is 0 Å². The lowest BCUT2D eigenvalue weighted by atomic mass is 10.1. The van der Waals surface area contributed by atoms with Gasteiger partial charge in [-0.3, -0.25) is 13.6 Å². The Morgan fingerprint density at radius 1 is 0.795 bits per heavy atom. The fraction of sp³-hybridized carbons (Fsp3) is 0.483. The Labute approximate surface area is 258 Å². The van der Waals surface area contributed by atoms with Crippen molar-refractivity contribution in [3.63, 3.8) is 0 Å². The molecular formula is C29H41O13PS. The number of rotatable bonds is 21. The number of unbranched alkanes of at least 4 members (excludes halogenated alkanes) is 1. The molecule has 2 rings (SSSR count). The number of phosphoric acid groups is 1. The van der Waals surface area contributed by atoms with Crippen LogP contribution in [-0.4, -0.2) is 75.9 Å². The highest BCUT2D eigenvalue weighted by molar-refractivity contribution is 7.93. The zero-order valence-electron chi connectivity index (χ0n) is 25.9. The molecule has 0 amide bonds. The zero-order valence-corrected chi connectivity index (χ0v) is 27.6. The first-order chi connectivity index (χ1) is 21.0. The van der Waals surface area contributed by atoms with Crippen molar-refractivity contribution < 1.29 is 59.8 Å². The lowest BCUT2D eigenvalue weighted by molar-refractivity contribution is -0.146. The smallest absolute Gasteiger partial charge is 0.474 e. The van der Waals surface area contributed by atoms with Gasteiger partial charge in [-0.1, -0.05) is 6.07 Å². The zero-order chi connectivity index (χ0) is 32.6. The van der Waals surface area contributed by atoms with Crippen LogP contribution in [0.25, 0.3) is 6.08 Å². The molecule has 0 saturated heterocycles. The number of carbonyl (C=O) groups excluding carboxylic acids is 1. The lowest BCUT2D eigenvalue weighted by Crippen LogP contribution is -2.16. The van der Waals surface area contributed by atoms with Crippen molar-refractivity contribution in [3.05, 3.63) is 46.9 Å². The molecule has 0 atom stereocenters. The van der Waals surface area contributed by atoms with E-state index in [2.05, 4.69) is 0 Å². The van der Waals surface area contributed by atoms with Gasteiger partial charge in [0.15, 0.2) is 27.9 Å². The maximum atomic E-state index is 13.0. The number of methoxy groups -OCH3 is 4. The summed E-state index contributed by atoms with van der Waals surface area (Å²) < 4.78 is 85.5. The van der Waals surface area contributed by atoms with Crippen molar-refractivity contribution in [2.45, 2.75) is 32.4 Å². The van der Waals surface area contributed by atoms with Crippen LogP contribution in [-0.2, 0) is 43.3 Å². The minimum Gasteiger partial charge on any atom is -0.496 e. The van der Waals surface area contributed by atoms with Gasteiger partial charge in [0.2, 0.25) is 0 Å². The first kappa shape index (κ1) is 36.9. The number of sulfone groups is 1. The molecule has 0 unspecified atom stereocenters. The summed E-state index contributed by atoms with van der Waals surface area (Å²) in [4.78, 5) is 12.2. The molecule has 0 aliphatic carbocycles. The summed E-state index contributed by atoms with van der Waals surface area (Å²) >= 11 is 0. The van der Waals surface area contributed by atoms with Crippen molar-refractivity contribution in [3.8, 4) is 28.7 Å². The van der Waals surface area contributed by atoms with Gasteiger partial charge in [0.1, 0.15) is 17.2 Å². The van der Waals surface area contributed by atoms with Crippen molar-refractivity contribution >= 4 is 29.7 Å². The fourth-order valence-corrected chi connectivity index (χ4v) is 6.04. The first-order valence-corrected chi connectivity index (χ1v) is 16.9. The van der Waals surface area contributed by atoms with E-state index in [9.17, 15) is 17.8 Å². The minimum atomic E-state index is -3.76. The van der Waals surface area contributed by atoms with Crippen LogP contribution in [0.3, 0.4) is 0 Å². The van der Waals surface area contributed by atoms with Crippen LogP contribution in [0.4, 0.5) is 0 Å². The summed E-state index contributed by atoms with van der Waals surface area (Å²) in [5.74, 6) is 0.751. The van der Waals surface area contributed by atoms with Crippen molar-refractivity contribution in [2.75, 3.05) is 61.5 Å². The number of carbonyl (C=O) groups is 1. The third-order valence-corrected chi connectivity index (χ3v) is 8.70. The third kappa shape index (κ3) is 12.0. The Morgan fingerprint density at radius 3 is 1.98 bits per heavy atom. The standard InChI is InChI=1S/C29H41O13PS/c1-7-40-43(31,41-8-2)42-15-10-9-14-38-29(30)20-39-28-17-22(11-12-25(28)35-4)21-44(32,33)16-13-24-26(36-5)18-23(34-3)19-27(24)37-6/h11-13,16-19H,7-10,14-15,20-21H2,1-6H3/b16-13+. The number of phosphoric ester groups is 1. The highest BCUT2D eigenvalue weighted by atomic mass is 32.2. The maximum Gasteiger partial charge on any atom is 0.474 e. The largest absolute Gasteiger partial charge is 0.496 e. The second-order valence-corrected chi connectivity index (χ2v) is 12.4. The number of hydrogen-bond acceptors (Lipinski definition) is 13. The Balaban J connectivity index is 1.96. The molecule has 0 spiro atoms. The van der Waals surface area contributed by atoms with Crippen LogP contribution >= 0.6 is 7.82 Å². The summed E-state index contributed by atoms with van der Waals surface area (Å²) in [5.41, 5.74) is 0.837. The highest BCUT2D eigenvalue weighted by Crippen LogP contribution is 2.49. The van der Waals surface area contributed by atoms with Gasteiger partial charge in [0.25, 0.3) is 0 Å². The Bertz CT molecular complexity index is 1360. The molecule has 2 aromatic rings. The predicted octanol–water partition coefficient (Wildman–Crippen LogP) is 5.21. The van der Waals surface area contributed by atoms with E-state index in [0.29, 0.717) is 47.0 Å². The molecule has 0 aliphatic heterocycles. The average molecular weight is 661 g/mol. The molecule has 44 heavy (non-hydrogen) atoms. The van der Waals surface area contributed by atoms with E-state index in [0.717, 1.165) is 5.41 Å². The number of ether oxygens (including phenoxy) is 6. The van der Waals surface area contributed by atoms with E-state index in [1.165, 1.54) is 40.6 Å². The number of esters is 1.